The highest BCUT2D eigenvalue weighted by Gasteiger charge is 2.65. The molecule has 0 saturated heterocycles. The van der Waals surface area contributed by atoms with Crippen molar-refractivity contribution >= 4 is 11.6 Å². The number of hydrogen-bond acceptors (Lipinski definition) is 3. The molecule has 0 bridgehead atoms. The first-order chi connectivity index (χ1) is 8.71. The molecule has 1 aromatic carbocycles. The Kier molecular flexibility index (Phi) is 3.00. The minimum atomic E-state index is -0.111. The maximum atomic E-state index is 12.3. The van der Waals surface area contributed by atoms with Crippen molar-refractivity contribution in [1.82, 2.24) is 5.32 Å². The van der Waals surface area contributed by atoms with Gasteiger partial charge in [0.05, 0.1) is 12.7 Å². The van der Waals surface area contributed by atoms with Gasteiger partial charge in [0, 0.05) is 17.8 Å². The molecule has 1 fully saturated rings. The standard InChI is InChI=1S/C15H22N2O2/c1-14(2)13(15(14,3)4)17-12(18)10-7-6-9(16)8-11(10)19-5/h6-8,13H,16H2,1-5H3,(H,17,18). The summed E-state index contributed by atoms with van der Waals surface area (Å²) in [6.45, 7) is 8.66. The number of nitrogens with one attached hydrogen (secondary N) is 1. The molecule has 3 N–H and O–H groups in total. The Morgan fingerprint density at radius 1 is 1.26 bits per heavy atom. The summed E-state index contributed by atoms with van der Waals surface area (Å²) in [6.07, 6.45) is 0. The van der Waals surface area contributed by atoms with Gasteiger partial charge in [0.2, 0.25) is 0 Å². The fraction of sp³-hybridized carbons (Fsp3) is 0.533. The highest BCUT2D eigenvalue weighted by molar-refractivity contribution is 5.98. The van der Waals surface area contributed by atoms with E-state index in [1.807, 2.05) is 0 Å². The molecule has 0 radical (unpaired) electrons. The summed E-state index contributed by atoms with van der Waals surface area (Å²) in [6, 6.07) is 5.25. The molecule has 1 saturated carbocycles. The largest absolute Gasteiger partial charge is 0.496 e. The molecule has 0 aliphatic heterocycles. The normalized spacial score (nSPS) is 19.8. The van der Waals surface area contributed by atoms with E-state index in [1.165, 1.54) is 7.11 Å². The van der Waals surface area contributed by atoms with Gasteiger partial charge in [-0.3, -0.25) is 4.79 Å². The third-order valence-corrected chi connectivity index (χ3v) is 4.77. The van der Waals surface area contributed by atoms with Crippen LogP contribution in [-0.4, -0.2) is 19.1 Å². The van der Waals surface area contributed by atoms with Crippen LogP contribution in [0.3, 0.4) is 0 Å². The van der Waals surface area contributed by atoms with Crippen molar-refractivity contribution in [2.45, 2.75) is 33.7 Å². The van der Waals surface area contributed by atoms with E-state index in [0.29, 0.717) is 17.0 Å². The molecule has 0 aromatic heterocycles. The van der Waals surface area contributed by atoms with Crippen LogP contribution in [0.15, 0.2) is 18.2 Å². The fourth-order valence-corrected chi connectivity index (χ4v) is 2.66. The Morgan fingerprint density at radius 3 is 2.32 bits per heavy atom. The number of benzene rings is 1. The van der Waals surface area contributed by atoms with Gasteiger partial charge in [0.1, 0.15) is 5.75 Å². The van der Waals surface area contributed by atoms with E-state index in [-0.39, 0.29) is 22.8 Å². The Hall–Kier alpha value is -1.71. The lowest BCUT2D eigenvalue weighted by atomic mass is 10.0. The number of hydrogen-bond donors (Lipinski definition) is 2. The van der Waals surface area contributed by atoms with Gasteiger partial charge in [-0.1, -0.05) is 27.7 Å². The fourth-order valence-electron chi connectivity index (χ4n) is 2.66. The zero-order chi connectivity index (χ0) is 14.4. The molecule has 4 nitrogen and oxygen atoms in total. The number of nitrogen functional groups attached to an aromatic ring is 1. The van der Waals surface area contributed by atoms with Gasteiger partial charge in [-0.15, -0.1) is 0 Å². The van der Waals surface area contributed by atoms with Crippen molar-refractivity contribution in [3.63, 3.8) is 0 Å². The zero-order valence-corrected chi connectivity index (χ0v) is 12.2. The second-order valence-corrected chi connectivity index (χ2v) is 6.31. The van der Waals surface area contributed by atoms with E-state index in [4.69, 9.17) is 10.5 Å². The van der Waals surface area contributed by atoms with E-state index in [9.17, 15) is 4.79 Å². The van der Waals surface area contributed by atoms with Crippen LogP contribution >= 0.6 is 0 Å². The molecule has 104 valence electrons. The van der Waals surface area contributed by atoms with Crippen molar-refractivity contribution in [1.29, 1.82) is 0 Å². The smallest absolute Gasteiger partial charge is 0.255 e. The summed E-state index contributed by atoms with van der Waals surface area (Å²) in [4.78, 5) is 12.3. The van der Waals surface area contributed by atoms with Crippen molar-refractivity contribution in [2.24, 2.45) is 10.8 Å². The summed E-state index contributed by atoms with van der Waals surface area (Å²) in [5.74, 6) is 0.397. The Morgan fingerprint density at radius 2 is 1.84 bits per heavy atom. The number of anilines is 1. The second-order valence-electron chi connectivity index (χ2n) is 6.31. The summed E-state index contributed by atoms with van der Waals surface area (Å²) >= 11 is 0. The van der Waals surface area contributed by atoms with Gasteiger partial charge in [-0.2, -0.15) is 0 Å². The van der Waals surface area contributed by atoms with Crippen LogP contribution in [0.5, 0.6) is 5.75 Å². The van der Waals surface area contributed by atoms with Gasteiger partial charge in [0.25, 0.3) is 5.91 Å². The minimum absolute atomic E-state index is 0.111. The van der Waals surface area contributed by atoms with Crippen molar-refractivity contribution in [3.8, 4) is 5.75 Å². The number of carbonyl (C=O) groups excluding carboxylic acids is 1. The lowest BCUT2D eigenvalue weighted by molar-refractivity contribution is 0.0940. The third-order valence-electron chi connectivity index (χ3n) is 4.77. The molecule has 1 aliphatic carbocycles. The molecule has 1 amide bonds. The minimum Gasteiger partial charge on any atom is -0.496 e. The highest BCUT2D eigenvalue weighted by atomic mass is 16.5. The maximum absolute atomic E-state index is 12.3. The molecule has 19 heavy (non-hydrogen) atoms. The van der Waals surface area contributed by atoms with Crippen LogP contribution in [0.25, 0.3) is 0 Å². The number of nitrogens with two attached hydrogens (primary N) is 1. The molecule has 0 atom stereocenters. The first kappa shape index (κ1) is 13.7. The van der Waals surface area contributed by atoms with Gasteiger partial charge in [-0.05, 0) is 23.0 Å². The molecule has 0 spiro atoms. The first-order valence-electron chi connectivity index (χ1n) is 6.46. The second kappa shape index (κ2) is 4.15. The Labute approximate surface area is 114 Å². The van der Waals surface area contributed by atoms with E-state index < -0.39 is 0 Å². The van der Waals surface area contributed by atoms with E-state index in [1.54, 1.807) is 18.2 Å². The van der Waals surface area contributed by atoms with Crippen LogP contribution < -0.4 is 15.8 Å². The predicted molar refractivity (Wildman–Crippen MR) is 76.2 cm³/mol. The average Bonchev–Trinajstić information content (AvgIpc) is 2.71. The Balaban J connectivity index is 2.18. The summed E-state index contributed by atoms with van der Waals surface area (Å²) in [7, 11) is 1.54. The van der Waals surface area contributed by atoms with Crippen LogP contribution in [-0.2, 0) is 0 Å². The highest BCUT2D eigenvalue weighted by Crippen LogP contribution is 2.62. The number of methoxy groups -OCH3 is 1. The molecule has 0 heterocycles. The molecular weight excluding hydrogens is 240 g/mol. The topological polar surface area (TPSA) is 64.3 Å². The average molecular weight is 262 g/mol. The number of ether oxygens (including phenoxy) is 1. The van der Waals surface area contributed by atoms with Crippen molar-refractivity contribution in [3.05, 3.63) is 23.8 Å². The predicted octanol–water partition coefficient (Wildman–Crippen LogP) is 2.44. The monoisotopic (exact) mass is 262 g/mol. The van der Waals surface area contributed by atoms with Crippen molar-refractivity contribution < 1.29 is 9.53 Å². The van der Waals surface area contributed by atoms with Crippen LogP contribution in [0, 0.1) is 10.8 Å². The first-order valence-corrected chi connectivity index (χ1v) is 6.46. The molecule has 1 aromatic rings. The lowest BCUT2D eigenvalue weighted by Crippen LogP contribution is -2.30. The SMILES string of the molecule is COc1cc(N)ccc1C(=O)NC1C(C)(C)C1(C)C. The Bertz CT molecular complexity index is 507. The van der Waals surface area contributed by atoms with Crippen LogP contribution in [0.2, 0.25) is 0 Å². The quantitative estimate of drug-likeness (QED) is 0.822. The molecule has 1 aliphatic rings. The van der Waals surface area contributed by atoms with Gasteiger partial charge in [0.15, 0.2) is 0 Å². The van der Waals surface area contributed by atoms with Crippen LogP contribution in [0.1, 0.15) is 38.1 Å². The lowest BCUT2D eigenvalue weighted by Gasteiger charge is -2.11. The molecule has 2 rings (SSSR count). The van der Waals surface area contributed by atoms with Crippen LogP contribution in [0.4, 0.5) is 5.69 Å². The van der Waals surface area contributed by atoms with E-state index >= 15 is 0 Å². The van der Waals surface area contributed by atoms with E-state index in [0.717, 1.165) is 0 Å². The molecule has 0 unspecified atom stereocenters. The van der Waals surface area contributed by atoms with E-state index in [2.05, 4.69) is 33.0 Å². The summed E-state index contributed by atoms with van der Waals surface area (Å²) < 4.78 is 5.21. The third kappa shape index (κ3) is 2.05. The molecular formula is C15H22N2O2. The zero-order valence-electron chi connectivity index (χ0n) is 12.2. The number of rotatable bonds is 3. The van der Waals surface area contributed by atoms with Gasteiger partial charge < -0.3 is 15.8 Å². The summed E-state index contributed by atoms with van der Waals surface area (Å²) in [5.41, 5.74) is 7.03. The number of carbonyl (C=O) groups is 1. The maximum Gasteiger partial charge on any atom is 0.255 e. The summed E-state index contributed by atoms with van der Waals surface area (Å²) in [5, 5.41) is 3.09. The van der Waals surface area contributed by atoms with Crippen molar-refractivity contribution in [2.75, 3.05) is 12.8 Å². The molecule has 4 heteroatoms. The van der Waals surface area contributed by atoms with Gasteiger partial charge in [-0.25, -0.2) is 0 Å². The number of amides is 1. The van der Waals surface area contributed by atoms with Gasteiger partial charge >= 0.3 is 0 Å².